The standard InChI is InChI=1S/C34H42N2O2/c1-19-12-13-25-18-36-32-22(4)30(33(23(5)37)38-34(6,7)8)28(21(3)29(32)27(25)17-19)26-15-14-24-11-9-10-16-35-31(24)20(26)2/h12-15,17,33,35-36H,9-11,16,18H2,1-8H3/t33-/m1/s1. The molecule has 0 amide bonds. The van der Waals surface area contributed by atoms with Crippen LogP contribution in [0.5, 0.6) is 0 Å². The van der Waals surface area contributed by atoms with Gasteiger partial charge in [-0.3, -0.25) is 4.79 Å². The maximum atomic E-state index is 13.3. The minimum absolute atomic E-state index is 0.0289. The first-order valence-corrected chi connectivity index (χ1v) is 14.0. The van der Waals surface area contributed by atoms with E-state index in [1.807, 2.05) is 20.8 Å². The van der Waals surface area contributed by atoms with Crippen LogP contribution in [0.15, 0.2) is 30.3 Å². The number of hydrogen-bond acceptors (Lipinski definition) is 4. The highest BCUT2D eigenvalue weighted by Gasteiger charge is 2.34. The maximum absolute atomic E-state index is 13.3. The summed E-state index contributed by atoms with van der Waals surface area (Å²) in [6.45, 7) is 18.3. The largest absolute Gasteiger partial charge is 0.385 e. The normalized spacial score (nSPS) is 15.4. The molecule has 2 N–H and O–H groups in total. The highest BCUT2D eigenvalue weighted by atomic mass is 16.5. The van der Waals surface area contributed by atoms with E-state index in [9.17, 15) is 4.79 Å². The van der Waals surface area contributed by atoms with Gasteiger partial charge in [0.05, 0.1) is 5.60 Å². The van der Waals surface area contributed by atoms with Gasteiger partial charge in [0.2, 0.25) is 0 Å². The zero-order valence-electron chi connectivity index (χ0n) is 24.3. The molecule has 0 spiro atoms. The first kappa shape index (κ1) is 26.5. The molecule has 2 heterocycles. The lowest BCUT2D eigenvalue weighted by molar-refractivity contribution is -0.138. The van der Waals surface area contributed by atoms with Crippen molar-refractivity contribution in [2.24, 2.45) is 0 Å². The van der Waals surface area contributed by atoms with Gasteiger partial charge in [-0.2, -0.15) is 0 Å². The Morgan fingerprint density at radius 1 is 0.842 bits per heavy atom. The number of ketones is 1. The number of anilines is 2. The summed E-state index contributed by atoms with van der Waals surface area (Å²) in [5, 5.41) is 7.44. The Bertz CT molecular complexity index is 1430. The van der Waals surface area contributed by atoms with Crippen molar-refractivity contribution in [2.45, 2.75) is 92.9 Å². The van der Waals surface area contributed by atoms with Crippen molar-refractivity contribution >= 4 is 17.2 Å². The second-order valence-corrected chi connectivity index (χ2v) is 12.2. The molecule has 0 aromatic heterocycles. The van der Waals surface area contributed by atoms with E-state index in [0.29, 0.717) is 0 Å². The van der Waals surface area contributed by atoms with Gasteiger partial charge >= 0.3 is 0 Å². The molecular weight excluding hydrogens is 468 g/mol. The van der Waals surface area contributed by atoms with Crippen LogP contribution in [-0.4, -0.2) is 17.9 Å². The van der Waals surface area contributed by atoms with Gasteiger partial charge in [-0.25, -0.2) is 0 Å². The lowest BCUT2D eigenvalue weighted by Gasteiger charge is -2.34. The molecule has 4 heteroatoms. The summed E-state index contributed by atoms with van der Waals surface area (Å²) in [5.74, 6) is 0.0289. The molecule has 0 fully saturated rings. The van der Waals surface area contributed by atoms with Gasteiger partial charge in [0, 0.05) is 35.6 Å². The van der Waals surface area contributed by atoms with Crippen LogP contribution in [0.3, 0.4) is 0 Å². The number of rotatable bonds is 4. The van der Waals surface area contributed by atoms with Crippen molar-refractivity contribution in [3.63, 3.8) is 0 Å². The predicted molar refractivity (Wildman–Crippen MR) is 159 cm³/mol. The molecule has 0 bridgehead atoms. The number of carbonyl (C=O) groups excluding carboxylic acids is 1. The van der Waals surface area contributed by atoms with Crippen molar-refractivity contribution in [3.8, 4) is 22.3 Å². The molecule has 2 aliphatic heterocycles. The number of benzene rings is 3. The van der Waals surface area contributed by atoms with Gasteiger partial charge in [-0.15, -0.1) is 0 Å². The molecule has 0 aliphatic carbocycles. The van der Waals surface area contributed by atoms with E-state index in [1.54, 1.807) is 6.92 Å². The molecule has 4 nitrogen and oxygen atoms in total. The number of ether oxygens (including phenoxy) is 1. The van der Waals surface area contributed by atoms with Crippen molar-refractivity contribution in [2.75, 3.05) is 17.2 Å². The lowest BCUT2D eigenvalue weighted by Crippen LogP contribution is -2.28. The zero-order valence-corrected chi connectivity index (χ0v) is 24.3. The predicted octanol–water partition coefficient (Wildman–Crippen LogP) is 8.37. The average Bonchev–Trinajstić information content (AvgIpc) is 3.10. The smallest absolute Gasteiger partial charge is 0.163 e. The minimum atomic E-state index is -0.652. The Morgan fingerprint density at radius 3 is 2.29 bits per heavy atom. The number of aryl methyl sites for hydroxylation is 2. The Hall–Kier alpha value is -3.11. The van der Waals surface area contributed by atoms with Crippen LogP contribution in [0, 0.1) is 27.7 Å². The summed E-state index contributed by atoms with van der Waals surface area (Å²) < 4.78 is 6.54. The van der Waals surface area contributed by atoms with Crippen LogP contribution in [0.1, 0.15) is 85.6 Å². The summed E-state index contributed by atoms with van der Waals surface area (Å²) in [4.78, 5) is 13.3. The number of Topliss-reactive ketones (excluding diaryl/α,β-unsaturated/α-hetero) is 1. The second-order valence-electron chi connectivity index (χ2n) is 12.2. The fraction of sp³-hybridized carbons (Fsp3) is 0.441. The molecule has 1 atom stereocenters. The molecule has 0 unspecified atom stereocenters. The monoisotopic (exact) mass is 510 g/mol. The molecule has 5 rings (SSSR count). The van der Waals surface area contributed by atoms with Crippen LogP contribution in [0.4, 0.5) is 11.4 Å². The van der Waals surface area contributed by atoms with E-state index in [2.05, 4.69) is 68.7 Å². The maximum Gasteiger partial charge on any atom is 0.163 e. The Kier molecular flexibility index (Phi) is 6.89. The van der Waals surface area contributed by atoms with Crippen LogP contribution >= 0.6 is 0 Å². The number of fused-ring (bicyclic) bond motifs is 4. The van der Waals surface area contributed by atoms with Gasteiger partial charge in [0.1, 0.15) is 6.10 Å². The van der Waals surface area contributed by atoms with Gasteiger partial charge < -0.3 is 15.4 Å². The van der Waals surface area contributed by atoms with E-state index >= 15 is 0 Å². The third-order valence-corrected chi connectivity index (χ3v) is 8.14. The molecule has 0 saturated heterocycles. The van der Waals surface area contributed by atoms with E-state index in [4.69, 9.17) is 4.74 Å². The Balaban J connectivity index is 1.87. The first-order chi connectivity index (χ1) is 18.0. The zero-order chi connectivity index (χ0) is 27.4. The first-order valence-electron chi connectivity index (χ1n) is 14.0. The van der Waals surface area contributed by atoms with Crippen LogP contribution in [-0.2, 0) is 22.5 Å². The van der Waals surface area contributed by atoms with Crippen LogP contribution in [0.25, 0.3) is 22.3 Å². The van der Waals surface area contributed by atoms with E-state index in [-0.39, 0.29) is 5.78 Å². The number of hydrogen-bond donors (Lipinski definition) is 2. The van der Waals surface area contributed by atoms with Gasteiger partial charge in [-0.05, 0) is 119 Å². The highest BCUT2D eigenvalue weighted by Crippen LogP contribution is 2.50. The molecule has 0 saturated carbocycles. The molecule has 2 aliphatic rings. The van der Waals surface area contributed by atoms with Crippen molar-refractivity contribution in [1.29, 1.82) is 0 Å². The van der Waals surface area contributed by atoms with E-state index < -0.39 is 11.7 Å². The number of nitrogens with one attached hydrogen (secondary N) is 2. The summed E-state index contributed by atoms with van der Waals surface area (Å²) in [5.41, 5.74) is 15.2. The summed E-state index contributed by atoms with van der Waals surface area (Å²) in [7, 11) is 0. The van der Waals surface area contributed by atoms with Crippen LogP contribution in [0.2, 0.25) is 0 Å². The van der Waals surface area contributed by atoms with Crippen molar-refractivity contribution < 1.29 is 9.53 Å². The third kappa shape index (κ3) is 4.64. The van der Waals surface area contributed by atoms with Crippen LogP contribution < -0.4 is 10.6 Å². The number of carbonyl (C=O) groups is 1. The average molecular weight is 511 g/mol. The highest BCUT2D eigenvalue weighted by molar-refractivity contribution is 5.98. The fourth-order valence-electron chi connectivity index (χ4n) is 6.36. The van der Waals surface area contributed by atoms with Gasteiger partial charge in [-0.1, -0.05) is 35.9 Å². The van der Waals surface area contributed by atoms with E-state index in [1.165, 1.54) is 63.0 Å². The summed E-state index contributed by atoms with van der Waals surface area (Å²) >= 11 is 0. The lowest BCUT2D eigenvalue weighted by atomic mass is 9.78. The topological polar surface area (TPSA) is 50.4 Å². The Labute approximate surface area is 228 Å². The van der Waals surface area contributed by atoms with Crippen molar-refractivity contribution in [1.82, 2.24) is 0 Å². The SMILES string of the molecule is CC(=O)[C@@H](OC(C)(C)C)c1c(C)c2c(c(C)c1-c1ccc3c(c1C)NCCCC3)-c1cc(C)ccc1CN2. The second kappa shape index (κ2) is 9.89. The molecule has 3 aromatic carbocycles. The molecular formula is C34H42N2O2. The molecule has 0 radical (unpaired) electrons. The molecule has 200 valence electrons. The quantitative estimate of drug-likeness (QED) is 0.370. The van der Waals surface area contributed by atoms with E-state index in [0.717, 1.165) is 41.9 Å². The van der Waals surface area contributed by atoms with Gasteiger partial charge in [0.25, 0.3) is 0 Å². The summed E-state index contributed by atoms with van der Waals surface area (Å²) in [6.07, 6.45) is 2.83. The van der Waals surface area contributed by atoms with Crippen molar-refractivity contribution in [3.05, 3.63) is 69.3 Å². The fourth-order valence-corrected chi connectivity index (χ4v) is 6.36. The van der Waals surface area contributed by atoms with Gasteiger partial charge in [0.15, 0.2) is 5.78 Å². The summed E-state index contributed by atoms with van der Waals surface area (Å²) in [6, 6.07) is 11.3. The minimum Gasteiger partial charge on any atom is -0.385 e. The Morgan fingerprint density at radius 2 is 1.58 bits per heavy atom. The molecule has 38 heavy (non-hydrogen) atoms. The third-order valence-electron chi connectivity index (χ3n) is 8.14. The molecule has 3 aromatic rings.